The van der Waals surface area contributed by atoms with Crippen molar-refractivity contribution in [3.05, 3.63) is 42.2 Å². The summed E-state index contributed by atoms with van der Waals surface area (Å²) in [6, 6.07) is 4.80. The Morgan fingerprint density at radius 2 is 2.38 bits per heavy atom. The van der Waals surface area contributed by atoms with Crippen molar-refractivity contribution in [3.8, 4) is 0 Å². The Morgan fingerprint density at radius 3 is 3.33 bits per heavy atom. The summed E-state index contributed by atoms with van der Waals surface area (Å²) in [4.78, 5) is 8.58. The molecule has 0 aliphatic carbocycles. The van der Waals surface area contributed by atoms with Crippen LogP contribution in [-0.2, 0) is 13.0 Å². The average molecular weight is 286 g/mol. The van der Waals surface area contributed by atoms with Gasteiger partial charge < -0.3 is 14.3 Å². The molecule has 1 aliphatic heterocycles. The Labute approximate surface area is 120 Å². The molecule has 0 radical (unpaired) electrons. The van der Waals surface area contributed by atoms with E-state index in [-0.39, 0.29) is 5.82 Å². The maximum absolute atomic E-state index is 13.1. The molecule has 4 rings (SSSR count). The van der Waals surface area contributed by atoms with E-state index in [4.69, 9.17) is 4.42 Å². The molecule has 3 heterocycles. The number of hydrogen-bond acceptors (Lipinski definition) is 4. The van der Waals surface area contributed by atoms with Crippen molar-refractivity contribution in [1.82, 2.24) is 14.5 Å². The Bertz CT molecular complexity index is 779. The van der Waals surface area contributed by atoms with Crippen molar-refractivity contribution in [2.24, 2.45) is 5.92 Å². The number of imidazole rings is 1. The van der Waals surface area contributed by atoms with Crippen LogP contribution in [0, 0.1) is 11.7 Å². The largest absolute Gasteiger partial charge is 0.424 e. The number of anilines is 1. The highest BCUT2D eigenvalue weighted by atomic mass is 19.1. The third-order valence-electron chi connectivity index (χ3n) is 3.92. The number of benzene rings is 1. The van der Waals surface area contributed by atoms with Crippen LogP contribution in [0.3, 0.4) is 0 Å². The maximum atomic E-state index is 13.1. The van der Waals surface area contributed by atoms with E-state index in [1.165, 1.54) is 12.1 Å². The van der Waals surface area contributed by atoms with Crippen LogP contribution in [0.5, 0.6) is 0 Å². The van der Waals surface area contributed by atoms with Gasteiger partial charge in [-0.2, -0.15) is 4.98 Å². The molecule has 5 nitrogen and oxygen atoms in total. The lowest BCUT2D eigenvalue weighted by molar-refractivity contribution is 0.378. The maximum Gasteiger partial charge on any atom is 0.295 e. The summed E-state index contributed by atoms with van der Waals surface area (Å²) < 4.78 is 20.9. The highest BCUT2D eigenvalue weighted by Gasteiger charge is 2.19. The van der Waals surface area contributed by atoms with Crippen molar-refractivity contribution in [2.45, 2.75) is 19.4 Å². The highest BCUT2D eigenvalue weighted by Crippen LogP contribution is 2.22. The summed E-state index contributed by atoms with van der Waals surface area (Å²) in [5, 5.41) is 3.21. The van der Waals surface area contributed by atoms with E-state index in [0.29, 0.717) is 23.0 Å². The molecule has 2 aromatic heterocycles. The fourth-order valence-corrected chi connectivity index (χ4v) is 2.81. The van der Waals surface area contributed by atoms with Crippen LogP contribution in [0.15, 0.2) is 35.0 Å². The molecule has 1 atom stereocenters. The zero-order valence-electron chi connectivity index (χ0n) is 11.4. The number of rotatable bonds is 3. The number of fused-ring (bicyclic) bond motifs is 2. The fraction of sp³-hybridized carbons (Fsp3) is 0.333. The third kappa shape index (κ3) is 2.37. The van der Waals surface area contributed by atoms with Crippen molar-refractivity contribution in [3.63, 3.8) is 0 Å². The van der Waals surface area contributed by atoms with E-state index in [2.05, 4.69) is 19.9 Å². The van der Waals surface area contributed by atoms with Crippen molar-refractivity contribution in [1.29, 1.82) is 0 Å². The quantitative estimate of drug-likeness (QED) is 0.804. The Hall–Kier alpha value is -2.37. The number of nitrogens with one attached hydrogen (secondary N) is 1. The van der Waals surface area contributed by atoms with Gasteiger partial charge in [-0.05, 0) is 24.5 Å². The van der Waals surface area contributed by atoms with E-state index in [0.717, 1.165) is 31.8 Å². The van der Waals surface area contributed by atoms with Gasteiger partial charge in [0.25, 0.3) is 6.01 Å². The lowest BCUT2D eigenvalue weighted by atomic mass is 9.99. The summed E-state index contributed by atoms with van der Waals surface area (Å²) >= 11 is 0. The molecule has 6 heteroatoms. The molecule has 0 saturated carbocycles. The summed E-state index contributed by atoms with van der Waals surface area (Å²) in [5.74, 6) is 1.37. The third-order valence-corrected chi connectivity index (χ3v) is 3.92. The topological polar surface area (TPSA) is 55.9 Å². The minimum Gasteiger partial charge on any atom is -0.424 e. The second-order valence-electron chi connectivity index (χ2n) is 5.41. The number of aromatic nitrogens is 3. The van der Waals surface area contributed by atoms with Crippen LogP contribution in [0.2, 0.25) is 0 Å². The van der Waals surface area contributed by atoms with Crippen LogP contribution < -0.4 is 5.32 Å². The first kappa shape index (κ1) is 12.4. The van der Waals surface area contributed by atoms with Crippen LogP contribution in [0.25, 0.3) is 11.1 Å². The van der Waals surface area contributed by atoms with Crippen molar-refractivity contribution >= 4 is 17.1 Å². The van der Waals surface area contributed by atoms with Gasteiger partial charge in [-0.3, -0.25) is 0 Å². The molecule has 1 aromatic carbocycles. The first-order valence-electron chi connectivity index (χ1n) is 7.08. The molecule has 1 N–H and O–H groups in total. The van der Waals surface area contributed by atoms with Gasteiger partial charge in [-0.15, -0.1) is 0 Å². The minimum absolute atomic E-state index is 0.303. The van der Waals surface area contributed by atoms with Gasteiger partial charge >= 0.3 is 0 Å². The van der Waals surface area contributed by atoms with E-state index in [9.17, 15) is 4.39 Å². The van der Waals surface area contributed by atoms with E-state index < -0.39 is 0 Å². The second-order valence-corrected chi connectivity index (χ2v) is 5.41. The number of oxazole rings is 1. The van der Waals surface area contributed by atoms with Gasteiger partial charge in [-0.1, -0.05) is 0 Å². The van der Waals surface area contributed by atoms with Gasteiger partial charge in [0.1, 0.15) is 17.2 Å². The van der Waals surface area contributed by atoms with Gasteiger partial charge in [-0.25, -0.2) is 9.37 Å². The molecule has 1 aliphatic rings. The number of halogens is 1. The first-order chi connectivity index (χ1) is 10.3. The predicted octanol–water partition coefficient (Wildman–Crippen LogP) is 2.84. The monoisotopic (exact) mass is 286 g/mol. The SMILES string of the molecule is Fc1ccc2oc(NC[C@H]3CCc4nccn4C3)nc2c1. The van der Waals surface area contributed by atoms with Gasteiger partial charge in [0, 0.05) is 38.0 Å². The molecule has 0 fully saturated rings. The van der Waals surface area contributed by atoms with E-state index in [1.54, 1.807) is 6.07 Å². The molecular formula is C15H15FN4O. The first-order valence-corrected chi connectivity index (χ1v) is 7.08. The van der Waals surface area contributed by atoms with E-state index >= 15 is 0 Å². The average Bonchev–Trinajstić information content (AvgIpc) is 3.09. The normalized spacial score (nSPS) is 17.9. The summed E-state index contributed by atoms with van der Waals surface area (Å²) in [7, 11) is 0. The fourth-order valence-electron chi connectivity index (χ4n) is 2.81. The Balaban J connectivity index is 1.44. The van der Waals surface area contributed by atoms with Crippen LogP contribution in [0.1, 0.15) is 12.2 Å². The molecule has 0 amide bonds. The molecule has 21 heavy (non-hydrogen) atoms. The van der Waals surface area contributed by atoms with Gasteiger partial charge in [0.05, 0.1) is 0 Å². The van der Waals surface area contributed by atoms with Gasteiger partial charge in [0.15, 0.2) is 5.58 Å². The molecule has 0 saturated heterocycles. The highest BCUT2D eigenvalue weighted by molar-refractivity contribution is 5.74. The zero-order valence-corrected chi connectivity index (χ0v) is 11.4. The predicted molar refractivity (Wildman–Crippen MR) is 76.5 cm³/mol. The molecular weight excluding hydrogens is 271 g/mol. The van der Waals surface area contributed by atoms with Crippen LogP contribution >= 0.6 is 0 Å². The smallest absolute Gasteiger partial charge is 0.295 e. The zero-order chi connectivity index (χ0) is 14.2. The Kier molecular flexibility index (Phi) is 2.87. The molecule has 108 valence electrons. The Morgan fingerprint density at radius 1 is 1.43 bits per heavy atom. The van der Waals surface area contributed by atoms with Gasteiger partial charge in [0.2, 0.25) is 0 Å². The number of aryl methyl sites for hydroxylation is 1. The second kappa shape index (κ2) is 4.87. The molecule has 0 spiro atoms. The molecule has 0 unspecified atom stereocenters. The number of nitrogens with zero attached hydrogens (tertiary/aromatic N) is 3. The molecule has 0 bridgehead atoms. The summed E-state index contributed by atoms with van der Waals surface area (Å²) in [5.41, 5.74) is 1.14. The lowest BCUT2D eigenvalue weighted by Crippen LogP contribution is -2.25. The van der Waals surface area contributed by atoms with E-state index in [1.807, 2.05) is 12.4 Å². The number of hydrogen-bond donors (Lipinski definition) is 1. The van der Waals surface area contributed by atoms with Crippen LogP contribution in [0.4, 0.5) is 10.4 Å². The summed E-state index contributed by atoms with van der Waals surface area (Å²) in [6.07, 6.45) is 5.96. The summed E-state index contributed by atoms with van der Waals surface area (Å²) in [6.45, 7) is 1.74. The van der Waals surface area contributed by atoms with Crippen LogP contribution in [-0.4, -0.2) is 21.1 Å². The lowest BCUT2D eigenvalue weighted by Gasteiger charge is -2.23. The molecule has 3 aromatic rings. The van der Waals surface area contributed by atoms with Crippen molar-refractivity contribution in [2.75, 3.05) is 11.9 Å². The standard InChI is InChI=1S/C15H15FN4O/c16-11-2-3-13-12(7-11)19-15(21-13)18-8-10-1-4-14-17-5-6-20(14)9-10/h2-3,5-7,10H,1,4,8-9H2,(H,18,19)/t10-/m1/s1. The minimum atomic E-state index is -0.303. The van der Waals surface area contributed by atoms with Crippen molar-refractivity contribution < 1.29 is 8.81 Å².